The fourth-order valence-corrected chi connectivity index (χ4v) is 2.19. The van der Waals surface area contributed by atoms with Gasteiger partial charge in [-0.1, -0.05) is 13.0 Å². The van der Waals surface area contributed by atoms with E-state index in [1.54, 1.807) is 24.3 Å². The average molecular weight is 329 g/mol. The van der Waals surface area contributed by atoms with Crippen molar-refractivity contribution >= 4 is 5.78 Å². The molecule has 0 aliphatic rings. The second-order valence-corrected chi connectivity index (χ2v) is 5.64. The van der Waals surface area contributed by atoms with Crippen LogP contribution in [0.3, 0.4) is 0 Å². The molecule has 1 atom stereocenters. The van der Waals surface area contributed by atoms with Gasteiger partial charge in [0.15, 0.2) is 17.3 Å². The number of ketones is 1. The van der Waals surface area contributed by atoms with Crippen LogP contribution in [-0.4, -0.2) is 35.2 Å². The number of phenols is 2. The maximum Gasteiger partial charge on any atom is 0.196 e. The summed E-state index contributed by atoms with van der Waals surface area (Å²) in [7, 11) is 0. The van der Waals surface area contributed by atoms with E-state index in [0.717, 1.165) is 13.0 Å². The third-order valence-corrected chi connectivity index (χ3v) is 3.85. The van der Waals surface area contributed by atoms with Crippen molar-refractivity contribution in [3.8, 4) is 17.2 Å². The Hall–Kier alpha value is -2.53. The van der Waals surface area contributed by atoms with Crippen LogP contribution in [0.2, 0.25) is 0 Å². The quantitative estimate of drug-likeness (QED) is 0.394. The van der Waals surface area contributed by atoms with Gasteiger partial charge in [0.25, 0.3) is 0 Å². The first-order valence-corrected chi connectivity index (χ1v) is 8.04. The van der Waals surface area contributed by atoms with Gasteiger partial charge in [-0.3, -0.25) is 4.79 Å². The highest BCUT2D eigenvalue weighted by atomic mass is 16.5. The van der Waals surface area contributed by atoms with Crippen LogP contribution in [0.4, 0.5) is 0 Å². The molecule has 5 nitrogen and oxygen atoms in total. The van der Waals surface area contributed by atoms with Crippen LogP contribution < -0.4 is 10.1 Å². The van der Waals surface area contributed by atoms with Gasteiger partial charge in [-0.25, -0.2) is 0 Å². The Balaban J connectivity index is 1.96. The minimum atomic E-state index is -0.404. The van der Waals surface area contributed by atoms with E-state index in [1.807, 2.05) is 0 Å². The summed E-state index contributed by atoms with van der Waals surface area (Å²) in [5.41, 5.74) is 0.488. The fraction of sp³-hybridized carbons (Fsp3) is 0.316. The summed E-state index contributed by atoms with van der Waals surface area (Å²) in [4.78, 5) is 12.4. The van der Waals surface area contributed by atoms with Crippen molar-refractivity contribution in [1.29, 1.82) is 0 Å². The van der Waals surface area contributed by atoms with E-state index in [4.69, 9.17) is 4.74 Å². The second-order valence-electron chi connectivity index (χ2n) is 5.64. The summed E-state index contributed by atoms with van der Waals surface area (Å²) >= 11 is 0. The van der Waals surface area contributed by atoms with Crippen LogP contribution >= 0.6 is 0 Å². The first-order chi connectivity index (χ1) is 11.5. The molecule has 0 saturated heterocycles. The normalized spacial score (nSPS) is 11.9. The van der Waals surface area contributed by atoms with E-state index in [9.17, 15) is 15.0 Å². The largest absolute Gasteiger partial charge is 0.504 e. The number of carbonyl (C=O) groups is 1. The Bertz CT molecular complexity index is 682. The molecule has 0 aromatic heterocycles. The summed E-state index contributed by atoms with van der Waals surface area (Å²) < 4.78 is 5.62. The lowest BCUT2D eigenvalue weighted by Crippen LogP contribution is -2.29. The minimum Gasteiger partial charge on any atom is -0.504 e. The van der Waals surface area contributed by atoms with Gasteiger partial charge < -0.3 is 20.3 Å². The zero-order chi connectivity index (χ0) is 17.5. The van der Waals surface area contributed by atoms with Gasteiger partial charge in [-0.05, 0) is 49.7 Å². The Kier molecular flexibility index (Phi) is 6.21. The molecule has 0 saturated carbocycles. The van der Waals surface area contributed by atoms with Crippen molar-refractivity contribution in [3.05, 3.63) is 53.6 Å². The number of carbonyl (C=O) groups excluding carboxylic acids is 1. The second kappa shape index (κ2) is 8.36. The van der Waals surface area contributed by atoms with Crippen molar-refractivity contribution in [2.45, 2.75) is 26.3 Å². The predicted molar refractivity (Wildman–Crippen MR) is 92.9 cm³/mol. The fourth-order valence-electron chi connectivity index (χ4n) is 2.19. The lowest BCUT2D eigenvalue weighted by atomic mass is 10.0. The van der Waals surface area contributed by atoms with E-state index in [-0.39, 0.29) is 17.1 Å². The molecule has 0 fully saturated rings. The van der Waals surface area contributed by atoms with Gasteiger partial charge in [-0.15, -0.1) is 0 Å². The molecule has 2 aromatic carbocycles. The molecule has 0 radical (unpaired) electrons. The Morgan fingerprint density at radius 3 is 2.54 bits per heavy atom. The van der Waals surface area contributed by atoms with Crippen molar-refractivity contribution in [2.24, 2.45) is 0 Å². The van der Waals surface area contributed by atoms with Crippen molar-refractivity contribution in [2.75, 3.05) is 13.2 Å². The van der Waals surface area contributed by atoms with Crippen LogP contribution in [0.25, 0.3) is 0 Å². The van der Waals surface area contributed by atoms with Crippen molar-refractivity contribution in [1.82, 2.24) is 5.32 Å². The van der Waals surface area contributed by atoms with Gasteiger partial charge in [0.2, 0.25) is 0 Å². The van der Waals surface area contributed by atoms with Gasteiger partial charge in [-0.2, -0.15) is 0 Å². The lowest BCUT2D eigenvalue weighted by Gasteiger charge is -2.12. The number of hydrogen-bond donors (Lipinski definition) is 3. The van der Waals surface area contributed by atoms with Crippen LogP contribution in [0, 0.1) is 0 Å². The molecule has 24 heavy (non-hydrogen) atoms. The average Bonchev–Trinajstić information content (AvgIpc) is 2.60. The Morgan fingerprint density at radius 1 is 1.17 bits per heavy atom. The highest BCUT2D eigenvalue weighted by Crippen LogP contribution is 2.30. The number of nitrogens with one attached hydrogen (secondary N) is 1. The highest BCUT2D eigenvalue weighted by Gasteiger charge is 2.15. The predicted octanol–water partition coefficient (Wildman–Crippen LogP) is 3.10. The number of para-hydroxylation sites is 1. The monoisotopic (exact) mass is 329 g/mol. The molecule has 128 valence electrons. The SMILES string of the molecule is CCC(C)NCCOc1ccc(C(=O)c2cccc(O)c2O)cc1. The Morgan fingerprint density at radius 2 is 1.88 bits per heavy atom. The number of phenolic OH excluding ortho intramolecular Hbond substituents is 2. The van der Waals surface area contributed by atoms with E-state index >= 15 is 0 Å². The van der Waals surface area contributed by atoms with Crippen molar-refractivity contribution < 1.29 is 19.7 Å². The molecule has 0 bridgehead atoms. The smallest absolute Gasteiger partial charge is 0.196 e. The van der Waals surface area contributed by atoms with E-state index < -0.39 is 5.75 Å². The van der Waals surface area contributed by atoms with Gasteiger partial charge >= 0.3 is 0 Å². The number of benzene rings is 2. The molecule has 2 rings (SSSR count). The summed E-state index contributed by atoms with van der Waals surface area (Å²) in [6.07, 6.45) is 1.07. The summed E-state index contributed by atoms with van der Waals surface area (Å²) in [6.45, 7) is 5.55. The minimum absolute atomic E-state index is 0.0708. The van der Waals surface area contributed by atoms with E-state index in [2.05, 4.69) is 19.2 Å². The molecule has 1 unspecified atom stereocenters. The van der Waals surface area contributed by atoms with Gasteiger partial charge in [0.1, 0.15) is 12.4 Å². The number of hydrogen-bond acceptors (Lipinski definition) is 5. The van der Waals surface area contributed by atoms with Gasteiger partial charge in [0, 0.05) is 18.2 Å². The third kappa shape index (κ3) is 4.49. The van der Waals surface area contributed by atoms with E-state index in [0.29, 0.717) is 24.0 Å². The van der Waals surface area contributed by atoms with E-state index in [1.165, 1.54) is 18.2 Å². The molecule has 0 amide bonds. The molecule has 0 spiro atoms. The molecule has 0 aliphatic carbocycles. The third-order valence-electron chi connectivity index (χ3n) is 3.85. The number of rotatable bonds is 8. The zero-order valence-electron chi connectivity index (χ0n) is 14.0. The first-order valence-electron chi connectivity index (χ1n) is 8.04. The van der Waals surface area contributed by atoms with Crippen molar-refractivity contribution in [3.63, 3.8) is 0 Å². The van der Waals surface area contributed by atoms with Crippen LogP contribution in [-0.2, 0) is 0 Å². The summed E-state index contributed by atoms with van der Waals surface area (Å²) in [5.74, 6) is -0.389. The molecule has 2 aromatic rings. The van der Waals surface area contributed by atoms with Crippen LogP contribution in [0.1, 0.15) is 36.2 Å². The molecular formula is C19H23NO4. The van der Waals surface area contributed by atoms with Gasteiger partial charge in [0.05, 0.1) is 5.56 Å². The standard InChI is InChI=1S/C19H23NO4/c1-3-13(2)20-11-12-24-15-9-7-14(8-10-15)18(22)16-5-4-6-17(21)19(16)23/h4-10,13,20-21,23H,3,11-12H2,1-2H3. The molecule has 3 N–H and O–H groups in total. The molecule has 0 aliphatic heterocycles. The Labute approximate surface area is 141 Å². The maximum atomic E-state index is 12.4. The summed E-state index contributed by atoms with van der Waals surface area (Å²) in [5, 5.41) is 22.6. The summed E-state index contributed by atoms with van der Waals surface area (Å²) in [6, 6.07) is 11.5. The lowest BCUT2D eigenvalue weighted by molar-refractivity contribution is 0.103. The number of ether oxygens (including phenoxy) is 1. The highest BCUT2D eigenvalue weighted by molar-refractivity contribution is 6.11. The van der Waals surface area contributed by atoms with Crippen LogP contribution in [0.5, 0.6) is 17.2 Å². The van der Waals surface area contributed by atoms with Crippen LogP contribution in [0.15, 0.2) is 42.5 Å². The number of aromatic hydroxyl groups is 2. The molecule has 0 heterocycles. The first kappa shape index (κ1) is 17.8. The maximum absolute atomic E-state index is 12.4. The zero-order valence-corrected chi connectivity index (χ0v) is 14.0. The topological polar surface area (TPSA) is 78.8 Å². The molecule has 5 heteroatoms. The molecular weight excluding hydrogens is 306 g/mol.